The summed E-state index contributed by atoms with van der Waals surface area (Å²) >= 11 is 0. The van der Waals surface area contributed by atoms with E-state index in [9.17, 15) is 9.59 Å². The summed E-state index contributed by atoms with van der Waals surface area (Å²) in [6, 6.07) is 2.11. The minimum absolute atomic E-state index is 0.101. The first-order chi connectivity index (χ1) is 15.4. The first-order valence-electron chi connectivity index (χ1n) is 11.6. The van der Waals surface area contributed by atoms with Crippen LogP contribution < -0.4 is 0 Å². The summed E-state index contributed by atoms with van der Waals surface area (Å²) in [4.78, 5) is 29.5. The van der Waals surface area contributed by atoms with Crippen LogP contribution in [0.1, 0.15) is 65.3 Å². The molecule has 4 heterocycles. The van der Waals surface area contributed by atoms with Crippen molar-refractivity contribution in [2.45, 2.75) is 65.5 Å². The van der Waals surface area contributed by atoms with Gasteiger partial charge in [-0.1, -0.05) is 5.16 Å². The zero-order valence-electron chi connectivity index (χ0n) is 19.3. The molecule has 0 bridgehead atoms. The molecule has 2 saturated heterocycles. The van der Waals surface area contributed by atoms with E-state index in [1.54, 1.807) is 0 Å². The van der Waals surface area contributed by atoms with Crippen molar-refractivity contribution in [3.05, 3.63) is 34.5 Å². The number of aryl methyl sites for hydroxylation is 3. The lowest BCUT2D eigenvalue weighted by Crippen LogP contribution is -2.45. The monoisotopic (exact) mass is 443 g/mol. The first kappa shape index (κ1) is 22.5. The molecule has 9 heteroatoms. The van der Waals surface area contributed by atoms with E-state index in [4.69, 9.17) is 9.26 Å². The van der Waals surface area contributed by atoms with Crippen molar-refractivity contribution in [3.63, 3.8) is 0 Å². The fraction of sp³-hybridized carbons (Fsp3) is 0.652. The molecule has 4 rings (SSSR count). The van der Waals surface area contributed by atoms with Gasteiger partial charge >= 0.3 is 0 Å². The van der Waals surface area contributed by atoms with Crippen molar-refractivity contribution in [2.75, 3.05) is 32.8 Å². The van der Waals surface area contributed by atoms with E-state index in [2.05, 4.69) is 10.3 Å². The topological polar surface area (TPSA) is 93.7 Å². The second kappa shape index (κ2) is 9.85. The number of carbonyl (C=O) groups is 2. The molecule has 0 radical (unpaired) electrons. The summed E-state index contributed by atoms with van der Waals surface area (Å²) in [5, 5.41) is 8.69. The molecule has 174 valence electrons. The average Bonchev–Trinajstić information content (AvgIpc) is 3.45. The lowest BCUT2D eigenvalue weighted by Gasteiger charge is -2.34. The third-order valence-corrected chi connectivity index (χ3v) is 6.49. The number of hydrogen-bond acceptors (Lipinski definition) is 6. The molecule has 0 aliphatic carbocycles. The predicted molar refractivity (Wildman–Crippen MR) is 117 cm³/mol. The van der Waals surface area contributed by atoms with Crippen LogP contribution in [0, 0.1) is 20.8 Å². The SMILES string of the molecule is Cc1cc(C)n(Cc2c(C(=O)N(CCCN3CCCC3=O)C3CCOCC3)noc2C)n1. The van der Waals surface area contributed by atoms with Gasteiger partial charge < -0.3 is 19.1 Å². The van der Waals surface area contributed by atoms with Gasteiger partial charge in [-0.05, 0) is 52.5 Å². The van der Waals surface area contributed by atoms with Gasteiger partial charge in [0.15, 0.2) is 5.69 Å². The maximum absolute atomic E-state index is 13.7. The number of ether oxygens (including phenoxy) is 1. The van der Waals surface area contributed by atoms with Crippen LogP contribution in [-0.4, -0.2) is 75.4 Å². The van der Waals surface area contributed by atoms with Crippen molar-refractivity contribution in [3.8, 4) is 0 Å². The van der Waals surface area contributed by atoms with Gasteiger partial charge in [0.05, 0.1) is 12.2 Å². The molecule has 0 aromatic carbocycles. The Labute approximate surface area is 188 Å². The summed E-state index contributed by atoms with van der Waals surface area (Å²) in [7, 11) is 0. The zero-order valence-corrected chi connectivity index (χ0v) is 19.3. The van der Waals surface area contributed by atoms with Gasteiger partial charge in [0.1, 0.15) is 5.76 Å². The smallest absolute Gasteiger partial charge is 0.276 e. The highest BCUT2D eigenvalue weighted by Gasteiger charge is 2.31. The Kier molecular flexibility index (Phi) is 6.93. The maximum atomic E-state index is 13.7. The van der Waals surface area contributed by atoms with Crippen LogP contribution in [0.15, 0.2) is 10.6 Å². The van der Waals surface area contributed by atoms with E-state index in [0.717, 1.165) is 49.2 Å². The van der Waals surface area contributed by atoms with Gasteiger partial charge in [0.2, 0.25) is 5.91 Å². The lowest BCUT2D eigenvalue weighted by atomic mass is 10.0. The second-order valence-electron chi connectivity index (χ2n) is 8.83. The van der Waals surface area contributed by atoms with Crippen molar-refractivity contribution < 1.29 is 18.8 Å². The Hall–Kier alpha value is -2.68. The standard InChI is InChI=1S/C23H33N5O4/c1-16-14-17(2)28(24-16)15-20-18(3)32-25-22(20)23(30)27(19-7-12-31-13-8-19)11-5-10-26-9-4-6-21(26)29/h14,19H,4-13,15H2,1-3H3. The Morgan fingerprint density at radius 2 is 2.03 bits per heavy atom. The zero-order chi connectivity index (χ0) is 22.7. The van der Waals surface area contributed by atoms with Gasteiger partial charge in [-0.2, -0.15) is 5.10 Å². The molecule has 2 amide bonds. The van der Waals surface area contributed by atoms with Crippen molar-refractivity contribution in [2.24, 2.45) is 0 Å². The third-order valence-electron chi connectivity index (χ3n) is 6.49. The number of aromatic nitrogens is 3. The van der Waals surface area contributed by atoms with E-state index in [0.29, 0.717) is 50.7 Å². The van der Waals surface area contributed by atoms with Crippen molar-refractivity contribution >= 4 is 11.8 Å². The largest absolute Gasteiger partial charge is 0.381 e. The van der Waals surface area contributed by atoms with E-state index in [-0.39, 0.29) is 17.9 Å². The minimum Gasteiger partial charge on any atom is -0.381 e. The van der Waals surface area contributed by atoms with Crippen LogP contribution in [0.5, 0.6) is 0 Å². The Balaban J connectivity index is 1.52. The molecule has 2 aromatic rings. The molecule has 32 heavy (non-hydrogen) atoms. The van der Waals surface area contributed by atoms with Gasteiger partial charge in [-0.3, -0.25) is 14.3 Å². The van der Waals surface area contributed by atoms with Crippen molar-refractivity contribution in [1.82, 2.24) is 24.7 Å². The highest BCUT2D eigenvalue weighted by Crippen LogP contribution is 2.23. The molecule has 2 aromatic heterocycles. The molecule has 2 aliphatic heterocycles. The average molecular weight is 444 g/mol. The normalized spacial score (nSPS) is 17.3. The van der Waals surface area contributed by atoms with E-state index < -0.39 is 0 Å². The number of likely N-dealkylation sites (tertiary alicyclic amines) is 1. The van der Waals surface area contributed by atoms with Crippen LogP contribution in [0.25, 0.3) is 0 Å². The molecule has 0 atom stereocenters. The molecule has 0 unspecified atom stereocenters. The number of amides is 2. The summed E-state index contributed by atoms with van der Waals surface area (Å²) < 4.78 is 12.9. The fourth-order valence-electron chi connectivity index (χ4n) is 4.69. The Bertz CT molecular complexity index is 960. The molecule has 0 saturated carbocycles. The van der Waals surface area contributed by atoms with Crippen molar-refractivity contribution in [1.29, 1.82) is 0 Å². The highest BCUT2D eigenvalue weighted by atomic mass is 16.5. The molecule has 2 fully saturated rings. The van der Waals surface area contributed by atoms with Crippen LogP contribution in [0.3, 0.4) is 0 Å². The number of rotatable bonds is 8. The third kappa shape index (κ3) is 4.87. The second-order valence-corrected chi connectivity index (χ2v) is 8.83. The fourth-order valence-corrected chi connectivity index (χ4v) is 4.69. The number of hydrogen-bond donors (Lipinski definition) is 0. The van der Waals surface area contributed by atoms with E-state index in [1.807, 2.05) is 41.3 Å². The van der Waals surface area contributed by atoms with Crippen LogP contribution in [-0.2, 0) is 16.1 Å². The quantitative estimate of drug-likeness (QED) is 0.622. The Morgan fingerprint density at radius 1 is 1.25 bits per heavy atom. The van der Waals surface area contributed by atoms with Crippen LogP contribution in [0.2, 0.25) is 0 Å². The predicted octanol–water partition coefficient (Wildman–Crippen LogP) is 2.48. The van der Waals surface area contributed by atoms with Crippen LogP contribution in [0.4, 0.5) is 0 Å². The molecule has 9 nitrogen and oxygen atoms in total. The van der Waals surface area contributed by atoms with Gasteiger partial charge in [-0.25, -0.2) is 0 Å². The Morgan fingerprint density at radius 3 is 2.69 bits per heavy atom. The molecule has 0 N–H and O–H groups in total. The van der Waals surface area contributed by atoms with E-state index >= 15 is 0 Å². The molecule has 2 aliphatic rings. The number of nitrogens with zero attached hydrogens (tertiary/aromatic N) is 5. The summed E-state index contributed by atoms with van der Waals surface area (Å²) in [6.07, 6.45) is 3.92. The molecular weight excluding hydrogens is 410 g/mol. The lowest BCUT2D eigenvalue weighted by molar-refractivity contribution is -0.127. The first-order valence-corrected chi connectivity index (χ1v) is 11.6. The number of carbonyl (C=O) groups excluding carboxylic acids is 2. The van der Waals surface area contributed by atoms with Gasteiger partial charge in [0.25, 0.3) is 5.91 Å². The maximum Gasteiger partial charge on any atom is 0.276 e. The van der Waals surface area contributed by atoms with Crippen LogP contribution >= 0.6 is 0 Å². The summed E-state index contributed by atoms with van der Waals surface area (Å²) in [5.74, 6) is 0.738. The minimum atomic E-state index is -0.113. The van der Waals surface area contributed by atoms with Gasteiger partial charge in [0, 0.05) is 56.6 Å². The van der Waals surface area contributed by atoms with E-state index in [1.165, 1.54) is 0 Å². The van der Waals surface area contributed by atoms with Gasteiger partial charge in [-0.15, -0.1) is 0 Å². The summed E-state index contributed by atoms with van der Waals surface area (Å²) in [6.45, 7) is 9.61. The highest BCUT2D eigenvalue weighted by molar-refractivity contribution is 5.94. The molecular formula is C23H33N5O4. The summed E-state index contributed by atoms with van der Waals surface area (Å²) in [5.41, 5.74) is 3.09. The molecule has 0 spiro atoms.